The lowest BCUT2D eigenvalue weighted by Crippen LogP contribution is -2.21. The number of anilines is 2. The molecule has 2 amide bonds. The number of rotatable bonds is 12. The van der Waals surface area contributed by atoms with Crippen LogP contribution in [0.15, 0.2) is 66.7 Å². The molecule has 35 heavy (non-hydrogen) atoms. The number of hydrogen-bond donors (Lipinski definition) is 2. The average Bonchev–Trinajstić information content (AvgIpc) is 2.87. The third-order valence-electron chi connectivity index (χ3n) is 5.07. The summed E-state index contributed by atoms with van der Waals surface area (Å²) in [4.78, 5) is 25.3. The molecule has 0 radical (unpaired) electrons. The van der Waals surface area contributed by atoms with Crippen molar-refractivity contribution in [1.82, 2.24) is 0 Å². The SMILES string of the molecule is CCCc1ccc(OCC(=O)Nc2cc(OCC)c(NC(=O)c3ccccc3)cc2OCC)cc1. The van der Waals surface area contributed by atoms with Crippen LogP contribution in [0.5, 0.6) is 17.2 Å². The molecule has 0 aliphatic heterocycles. The van der Waals surface area contributed by atoms with E-state index in [1.54, 1.807) is 36.4 Å². The summed E-state index contributed by atoms with van der Waals surface area (Å²) >= 11 is 0. The van der Waals surface area contributed by atoms with Crippen LogP contribution >= 0.6 is 0 Å². The molecule has 0 aromatic heterocycles. The average molecular weight is 477 g/mol. The predicted molar refractivity (Wildman–Crippen MR) is 138 cm³/mol. The van der Waals surface area contributed by atoms with Crippen LogP contribution in [0, 0.1) is 0 Å². The molecule has 184 valence electrons. The van der Waals surface area contributed by atoms with Crippen LogP contribution in [0.4, 0.5) is 11.4 Å². The molecule has 0 heterocycles. The summed E-state index contributed by atoms with van der Waals surface area (Å²) in [5, 5.41) is 5.70. The van der Waals surface area contributed by atoms with Crippen molar-refractivity contribution in [3.8, 4) is 17.2 Å². The van der Waals surface area contributed by atoms with Crippen LogP contribution in [0.2, 0.25) is 0 Å². The molecule has 0 aliphatic carbocycles. The number of nitrogens with one attached hydrogen (secondary N) is 2. The number of aryl methyl sites for hydroxylation is 1. The van der Waals surface area contributed by atoms with Gasteiger partial charge in [-0.25, -0.2) is 0 Å². The zero-order valence-electron chi connectivity index (χ0n) is 20.4. The smallest absolute Gasteiger partial charge is 0.262 e. The maximum Gasteiger partial charge on any atom is 0.262 e. The molecule has 7 nitrogen and oxygen atoms in total. The first kappa shape index (κ1) is 25.6. The van der Waals surface area contributed by atoms with Gasteiger partial charge in [0.15, 0.2) is 6.61 Å². The summed E-state index contributed by atoms with van der Waals surface area (Å²) in [6.07, 6.45) is 2.08. The standard InChI is InChI=1S/C28H32N2O5/c1-4-10-20-13-15-22(16-14-20)35-19-27(31)29-23-17-26(34-6-3)24(18-25(23)33-5-2)30-28(32)21-11-8-7-9-12-21/h7-9,11-18H,4-6,10,19H2,1-3H3,(H,29,31)(H,30,32). The maximum absolute atomic E-state index is 12.7. The molecule has 0 unspecified atom stereocenters. The summed E-state index contributed by atoms with van der Waals surface area (Å²) in [7, 11) is 0. The number of hydrogen-bond acceptors (Lipinski definition) is 5. The summed E-state index contributed by atoms with van der Waals surface area (Å²) in [5.74, 6) is 0.842. The second-order valence-corrected chi connectivity index (χ2v) is 7.76. The Hall–Kier alpha value is -4.00. The van der Waals surface area contributed by atoms with Crippen LogP contribution in [-0.4, -0.2) is 31.6 Å². The Balaban J connectivity index is 1.74. The summed E-state index contributed by atoms with van der Waals surface area (Å²) in [6.45, 7) is 6.42. The zero-order chi connectivity index (χ0) is 25.0. The Labute approximate surface area is 206 Å². The van der Waals surface area contributed by atoms with Gasteiger partial charge in [0.2, 0.25) is 0 Å². The predicted octanol–water partition coefficient (Wildman–Crippen LogP) is 5.71. The number of ether oxygens (including phenoxy) is 3. The lowest BCUT2D eigenvalue weighted by Gasteiger charge is -2.18. The maximum atomic E-state index is 12.7. The van der Waals surface area contributed by atoms with Gasteiger partial charge in [0.25, 0.3) is 11.8 Å². The molecule has 0 saturated carbocycles. The Morgan fingerprint density at radius 2 is 1.34 bits per heavy atom. The molecule has 7 heteroatoms. The third-order valence-corrected chi connectivity index (χ3v) is 5.07. The van der Waals surface area contributed by atoms with Crippen molar-refractivity contribution in [2.45, 2.75) is 33.6 Å². The van der Waals surface area contributed by atoms with Crippen molar-refractivity contribution in [3.63, 3.8) is 0 Å². The number of amides is 2. The highest BCUT2D eigenvalue weighted by Gasteiger charge is 2.17. The van der Waals surface area contributed by atoms with Crippen molar-refractivity contribution in [3.05, 3.63) is 77.9 Å². The minimum atomic E-state index is -0.341. The van der Waals surface area contributed by atoms with Crippen LogP contribution in [0.1, 0.15) is 43.1 Å². The van der Waals surface area contributed by atoms with Crippen LogP contribution in [0.3, 0.4) is 0 Å². The molecule has 0 aliphatic rings. The summed E-state index contributed by atoms with van der Waals surface area (Å²) in [6, 6.07) is 19.9. The van der Waals surface area contributed by atoms with Crippen LogP contribution in [0.25, 0.3) is 0 Å². The molecular weight excluding hydrogens is 444 g/mol. The van der Waals surface area contributed by atoms with Gasteiger partial charge >= 0.3 is 0 Å². The van der Waals surface area contributed by atoms with E-state index >= 15 is 0 Å². The molecule has 3 rings (SSSR count). The Morgan fingerprint density at radius 3 is 1.91 bits per heavy atom. The molecule has 0 spiro atoms. The van der Waals surface area contributed by atoms with Gasteiger partial charge in [-0.1, -0.05) is 43.7 Å². The molecule has 0 bridgehead atoms. The van der Waals surface area contributed by atoms with E-state index in [1.807, 2.05) is 44.2 Å². The van der Waals surface area contributed by atoms with Gasteiger partial charge in [-0.3, -0.25) is 9.59 Å². The second kappa shape index (κ2) is 13.0. The summed E-state index contributed by atoms with van der Waals surface area (Å²) in [5.41, 5.74) is 2.63. The zero-order valence-corrected chi connectivity index (χ0v) is 20.4. The number of carbonyl (C=O) groups excluding carboxylic acids is 2. The van der Waals surface area contributed by atoms with Crippen molar-refractivity contribution in [1.29, 1.82) is 0 Å². The number of benzene rings is 3. The van der Waals surface area contributed by atoms with Crippen LogP contribution < -0.4 is 24.8 Å². The largest absolute Gasteiger partial charge is 0.492 e. The molecule has 2 N–H and O–H groups in total. The highest BCUT2D eigenvalue weighted by molar-refractivity contribution is 6.05. The highest BCUT2D eigenvalue weighted by Crippen LogP contribution is 2.37. The Morgan fingerprint density at radius 1 is 0.743 bits per heavy atom. The third kappa shape index (κ3) is 7.50. The first-order chi connectivity index (χ1) is 17.0. The van der Waals surface area contributed by atoms with E-state index in [9.17, 15) is 9.59 Å². The van der Waals surface area contributed by atoms with Gasteiger partial charge in [-0.05, 0) is 50.1 Å². The number of carbonyl (C=O) groups is 2. The van der Waals surface area contributed by atoms with Crippen molar-refractivity contribution in [2.24, 2.45) is 0 Å². The van der Waals surface area contributed by atoms with E-state index in [0.29, 0.717) is 47.4 Å². The first-order valence-electron chi connectivity index (χ1n) is 11.9. The van der Waals surface area contributed by atoms with Gasteiger partial charge < -0.3 is 24.8 Å². The van der Waals surface area contributed by atoms with E-state index in [1.165, 1.54) is 5.56 Å². The molecular formula is C28H32N2O5. The van der Waals surface area contributed by atoms with Gasteiger partial charge in [0.05, 0.1) is 24.6 Å². The quantitative estimate of drug-likeness (QED) is 0.350. The lowest BCUT2D eigenvalue weighted by atomic mass is 10.1. The van der Waals surface area contributed by atoms with Gasteiger partial charge in [-0.15, -0.1) is 0 Å². The highest BCUT2D eigenvalue weighted by atomic mass is 16.5. The van der Waals surface area contributed by atoms with E-state index in [4.69, 9.17) is 14.2 Å². The normalized spacial score (nSPS) is 10.4. The Bertz CT molecular complexity index is 1110. The van der Waals surface area contributed by atoms with E-state index < -0.39 is 0 Å². The van der Waals surface area contributed by atoms with E-state index in [0.717, 1.165) is 12.8 Å². The van der Waals surface area contributed by atoms with Gasteiger partial charge in [0, 0.05) is 17.7 Å². The van der Waals surface area contributed by atoms with Gasteiger partial charge in [0.1, 0.15) is 17.2 Å². The topological polar surface area (TPSA) is 85.9 Å². The van der Waals surface area contributed by atoms with Gasteiger partial charge in [-0.2, -0.15) is 0 Å². The van der Waals surface area contributed by atoms with Crippen molar-refractivity contribution in [2.75, 3.05) is 30.5 Å². The molecule has 0 atom stereocenters. The Kier molecular flexibility index (Phi) is 9.54. The first-order valence-corrected chi connectivity index (χ1v) is 11.9. The minimum Gasteiger partial charge on any atom is -0.492 e. The van der Waals surface area contributed by atoms with Crippen LogP contribution in [-0.2, 0) is 11.2 Å². The fraction of sp³-hybridized carbons (Fsp3) is 0.286. The fourth-order valence-corrected chi connectivity index (χ4v) is 3.47. The van der Waals surface area contributed by atoms with E-state index in [2.05, 4.69) is 17.6 Å². The molecule has 0 fully saturated rings. The lowest BCUT2D eigenvalue weighted by molar-refractivity contribution is -0.118. The fourth-order valence-electron chi connectivity index (χ4n) is 3.47. The van der Waals surface area contributed by atoms with E-state index in [-0.39, 0.29) is 18.4 Å². The molecule has 3 aromatic rings. The van der Waals surface area contributed by atoms with Crippen molar-refractivity contribution >= 4 is 23.2 Å². The summed E-state index contributed by atoms with van der Waals surface area (Å²) < 4.78 is 17.1. The van der Waals surface area contributed by atoms with Crippen molar-refractivity contribution < 1.29 is 23.8 Å². The minimum absolute atomic E-state index is 0.158. The monoisotopic (exact) mass is 476 g/mol. The second-order valence-electron chi connectivity index (χ2n) is 7.76. The molecule has 3 aromatic carbocycles. The molecule has 0 saturated heterocycles.